The van der Waals surface area contributed by atoms with Crippen LogP contribution >= 0.6 is 0 Å². The lowest BCUT2D eigenvalue weighted by Gasteiger charge is -2.26. The van der Waals surface area contributed by atoms with Gasteiger partial charge in [0.2, 0.25) is 0 Å². The molecule has 1 amide bonds. The summed E-state index contributed by atoms with van der Waals surface area (Å²) in [7, 11) is 0. The van der Waals surface area contributed by atoms with Crippen LogP contribution in [0.25, 0.3) is 0 Å². The molecule has 0 spiro atoms. The fraction of sp³-hybridized carbons (Fsp3) is 0.562. The first-order valence-electron chi connectivity index (χ1n) is 7.27. The number of aliphatic hydroxyl groups is 1. The molecule has 110 valence electrons. The number of carbonyl (C=O) groups is 1. The van der Waals surface area contributed by atoms with Crippen molar-refractivity contribution in [2.24, 2.45) is 5.92 Å². The molecule has 0 aromatic heterocycles. The molecule has 1 fully saturated rings. The molecule has 1 aliphatic rings. The summed E-state index contributed by atoms with van der Waals surface area (Å²) < 4.78 is 5.53. The number of aliphatic hydroxyl groups excluding tert-OH is 1. The second-order valence-electron chi connectivity index (χ2n) is 5.34. The van der Waals surface area contributed by atoms with E-state index in [1.165, 1.54) is 5.56 Å². The van der Waals surface area contributed by atoms with E-state index < -0.39 is 0 Å². The Kier molecular flexibility index (Phi) is 5.56. The molecule has 1 N–H and O–H groups in total. The van der Waals surface area contributed by atoms with Crippen LogP contribution in [0.15, 0.2) is 30.3 Å². The van der Waals surface area contributed by atoms with Gasteiger partial charge in [-0.05, 0) is 24.3 Å². The Morgan fingerprint density at radius 2 is 2.10 bits per heavy atom. The molecule has 0 aliphatic carbocycles. The van der Waals surface area contributed by atoms with E-state index in [0.29, 0.717) is 19.7 Å². The molecule has 2 atom stereocenters. The van der Waals surface area contributed by atoms with E-state index in [1.807, 2.05) is 25.1 Å². The standard InChI is InChI=1S/C16H23NO3/c1-13-8-12-20-15(13)16(19)17(10-11-18)9-7-14-5-3-2-4-6-14/h2-6,13,15,18H,7-12H2,1H3. The predicted octanol–water partition coefficient (Wildman–Crippen LogP) is 1.47. The van der Waals surface area contributed by atoms with Crippen LogP contribution in [0.4, 0.5) is 0 Å². The average Bonchev–Trinajstić information content (AvgIpc) is 2.90. The highest BCUT2D eigenvalue weighted by Gasteiger charge is 2.33. The van der Waals surface area contributed by atoms with Gasteiger partial charge in [0, 0.05) is 19.7 Å². The minimum atomic E-state index is -0.336. The minimum absolute atomic E-state index is 0.0123. The van der Waals surface area contributed by atoms with Crippen LogP contribution in [0, 0.1) is 5.92 Å². The van der Waals surface area contributed by atoms with E-state index in [9.17, 15) is 4.79 Å². The molecule has 1 aromatic carbocycles. The summed E-state index contributed by atoms with van der Waals surface area (Å²) in [5.41, 5.74) is 1.20. The Bertz CT molecular complexity index is 421. The van der Waals surface area contributed by atoms with Gasteiger partial charge in [-0.15, -0.1) is 0 Å². The number of carbonyl (C=O) groups excluding carboxylic acids is 1. The lowest BCUT2D eigenvalue weighted by molar-refractivity contribution is -0.143. The molecule has 0 bridgehead atoms. The lowest BCUT2D eigenvalue weighted by atomic mass is 10.0. The maximum atomic E-state index is 12.5. The highest BCUT2D eigenvalue weighted by Crippen LogP contribution is 2.22. The normalized spacial score (nSPS) is 21.9. The van der Waals surface area contributed by atoms with Crippen LogP contribution in [0.3, 0.4) is 0 Å². The van der Waals surface area contributed by atoms with E-state index in [4.69, 9.17) is 9.84 Å². The monoisotopic (exact) mass is 277 g/mol. The van der Waals surface area contributed by atoms with Crippen molar-refractivity contribution in [2.75, 3.05) is 26.3 Å². The third-order valence-corrected chi connectivity index (χ3v) is 3.83. The zero-order chi connectivity index (χ0) is 14.4. The minimum Gasteiger partial charge on any atom is -0.395 e. The summed E-state index contributed by atoms with van der Waals surface area (Å²) in [5.74, 6) is 0.278. The number of nitrogens with zero attached hydrogens (tertiary/aromatic N) is 1. The summed E-state index contributed by atoms with van der Waals surface area (Å²) in [5, 5.41) is 9.16. The second-order valence-corrected chi connectivity index (χ2v) is 5.34. The fourth-order valence-electron chi connectivity index (χ4n) is 2.55. The van der Waals surface area contributed by atoms with E-state index >= 15 is 0 Å². The molecule has 1 saturated heterocycles. The van der Waals surface area contributed by atoms with Gasteiger partial charge in [-0.2, -0.15) is 0 Å². The van der Waals surface area contributed by atoms with Crippen LogP contribution < -0.4 is 0 Å². The summed E-state index contributed by atoms with van der Waals surface area (Å²) in [6.45, 7) is 3.68. The lowest BCUT2D eigenvalue weighted by Crippen LogP contribution is -2.43. The molecule has 0 saturated carbocycles. The molecule has 4 nitrogen and oxygen atoms in total. The van der Waals surface area contributed by atoms with Crippen molar-refractivity contribution in [3.63, 3.8) is 0 Å². The zero-order valence-corrected chi connectivity index (χ0v) is 12.0. The Morgan fingerprint density at radius 1 is 1.35 bits per heavy atom. The van der Waals surface area contributed by atoms with Crippen molar-refractivity contribution in [3.05, 3.63) is 35.9 Å². The smallest absolute Gasteiger partial charge is 0.252 e. The summed E-state index contributed by atoms with van der Waals surface area (Å²) in [6, 6.07) is 10.1. The number of hydrogen-bond donors (Lipinski definition) is 1. The van der Waals surface area contributed by atoms with E-state index in [-0.39, 0.29) is 24.5 Å². The van der Waals surface area contributed by atoms with Gasteiger partial charge < -0.3 is 14.7 Å². The van der Waals surface area contributed by atoms with Gasteiger partial charge in [-0.1, -0.05) is 37.3 Å². The first kappa shape index (κ1) is 15.0. The largest absolute Gasteiger partial charge is 0.395 e. The Balaban J connectivity index is 1.94. The number of rotatable bonds is 6. The van der Waals surface area contributed by atoms with Crippen molar-refractivity contribution >= 4 is 5.91 Å². The molecule has 2 rings (SSSR count). The van der Waals surface area contributed by atoms with Crippen LogP contribution in [-0.2, 0) is 16.0 Å². The quantitative estimate of drug-likeness (QED) is 0.857. The van der Waals surface area contributed by atoms with Crippen LogP contribution in [0.5, 0.6) is 0 Å². The van der Waals surface area contributed by atoms with Crippen molar-refractivity contribution in [3.8, 4) is 0 Å². The molecule has 20 heavy (non-hydrogen) atoms. The van der Waals surface area contributed by atoms with Crippen LogP contribution in [-0.4, -0.2) is 48.3 Å². The molecule has 2 unspecified atom stereocenters. The van der Waals surface area contributed by atoms with Gasteiger partial charge in [-0.3, -0.25) is 4.79 Å². The van der Waals surface area contributed by atoms with E-state index in [2.05, 4.69) is 12.1 Å². The van der Waals surface area contributed by atoms with Crippen molar-refractivity contribution in [1.29, 1.82) is 0 Å². The Morgan fingerprint density at radius 3 is 2.70 bits per heavy atom. The van der Waals surface area contributed by atoms with Crippen molar-refractivity contribution < 1.29 is 14.6 Å². The van der Waals surface area contributed by atoms with Gasteiger partial charge in [0.25, 0.3) is 5.91 Å². The van der Waals surface area contributed by atoms with Gasteiger partial charge in [0.05, 0.1) is 6.61 Å². The highest BCUT2D eigenvalue weighted by molar-refractivity contribution is 5.81. The molecule has 4 heteroatoms. The van der Waals surface area contributed by atoms with Gasteiger partial charge >= 0.3 is 0 Å². The molecular weight excluding hydrogens is 254 g/mol. The highest BCUT2D eigenvalue weighted by atomic mass is 16.5. The first-order chi connectivity index (χ1) is 9.72. The van der Waals surface area contributed by atoms with Crippen LogP contribution in [0.2, 0.25) is 0 Å². The number of ether oxygens (including phenoxy) is 1. The Labute approximate surface area is 120 Å². The summed E-state index contributed by atoms with van der Waals surface area (Å²) >= 11 is 0. The van der Waals surface area contributed by atoms with Crippen molar-refractivity contribution in [1.82, 2.24) is 4.90 Å². The molecule has 1 heterocycles. The molecule has 1 aliphatic heterocycles. The topological polar surface area (TPSA) is 49.8 Å². The van der Waals surface area contributed by atoms with Crippen LogP contribution in [0.1, 0.15) is 18.9 Å². The average molecular weight is 277 g/mol. The maximum Gasteiger partial charge on any atom is 0.252 e. The predicted molar refractivity (Wildman–Crippen MR) is 77.3 cm³/mol. The first-order valence-corrected chi connectivity index (χ1v) is 7.27. The van der Waals surface area contributed by atoms with Gasteiger partial charge in [0.1, 0.15) is 6.10 Å². The maximum absolute atomic E-state index is 12.5. The molecular formula is C16H23NO3. The number of amides is 1. The third kappa shape index (κ3) is 3.81. The second kappa shape index (κ2) is 7.41. The zero-order valence-electron chi connectivity index (χ0n) is 12.0. The fourth-order valence-corrected chi connectivity index (χ4v) is 2.55. The van der Waals surface area contributed by atoms with Gasteiger partial charge in [0.15, 0.2) is 0 Å². The van der Waals surface area contributed by atoms with Gasteiger partial charge in [-0.25, -0.2) is 0 Å². The third-order valence-electron chi connectivity index (χ3n) is 3.83. The SMILES string of the molecule is CC1CCOC1C(=O)N(CCO)CCc1ccccc1. The summed E-state index contributed by atoms with van der Waals surface area (Å²) in [4.78, 5) is 14.2. The number of benzene rings is 1. The Hall–Kier alpha value is -1.39. The van der Waals surface area contributed by atoms with E-state index in [0.717, 1.165) is 12.8 Å². The van der Waals surface area contributed by atoms with E-state index in [1.54, 1.807) is 4.90 Å². The van der Waals surface area contributed by atoms with Crippen molar-refractivity contribution in [2.45, 2.75) is 25.9 Å². The summed E-state index contributed by atoms with van der Waals surface area (Å²) in [6.07, 6.45) is 1.40. The molecule has 0 radical (unpaired) electrons. The number of hydrogen-bond acceptors (Lipinski definition) is 3. The molecule has 1 aromatic rings.